The zero-order valence-corrected chi connectivity index (χ0v) is 10.0. The zero-order chi connectivity index (χ0) is 10.8. The van der Waals surface area contributed by atoms with Crippen molar-refractivity contribution in [2.75, 3.05) is 13.6 Å². The molecular weight excluding hydrogens is 289 g/mol. The van der Waals surface area contributed by atoms with Crippen molar-refractivity contribution in [3.63, 3.8) is 0 Å². The molecule has 1 aromatic rings. The summed E-state index contributed by atoms with van der Waals surface area (Å²) >= 11 is 0. The van der Waals surface area contributed by atoms with Crippen molar-refractivity contribution in [3.8, 4) is 0 Å². The Bertz CT molecular complexity index is 289. The predicted molar refractivity (Wildman–Crippen MR) is 75.8 cm³/mol. The van der Waals surface area contributed by atoms with E-state index in [1.165, 1.54) is 5.69 Å². The summed E-state index contributed by atoms with van der Waals surface area (Å²) in [5.41, 5.74) is 1.64. The molecule has 15 heavy (non-hydrogen) atoms. The second kappa shape index (κ2) is 5.35. The summed E-state index contributed by atoms with van der Waals surface area (Å²) in [6, 6.07) is 10.7. The van der Waals surface area contributed by atoms with E-state index in [9.17, 15) is 0 Å². The molecule has 1 nitrogen and oxygen atoms in total. The van der Waals surface area contributed by atoms with E-state index < -0.39 is 0 Å². The molecule has 0 amide bonds. The Morgan fingerprint density at radius 3 is 1.87 bits per heavy atom. The third kappa shape index (κ3) is 2.97. The van der Waals surface area contributed by atoms with Crippen LogP contribution >= 0.6 is 0 Å². The van der Waals surface area contributed by atoms with Gasteiger partial charge in [-0.05, 0) is 39.8 Å². The average molecular weight is 315 g/mol. The predicted octanol–water partition coefficient (Wildman–Crippen LogP) is 1.99. The third-order valence-corrected chi connectivity index (χ3v) is 3.44. The van der Waals surface area contributed by atoms with E-state index in [1.54, 1.807) is 0 Å². The summed E-state index contributed by atoms with van der Waals surface area (Å²) in [5, 5.41) is 0. The Morgan fingerprint density at radius 1 is 1.07 bits per heavy atom. The van der Waals surface area contributed by atoms with Crippen molar-refractivity contribution in [1.82, 2.24) is 4.48 Å². The molecule has 0 spiro atoms. The Balaban J connectivity index is 0.00000196. The molecule has 0 aliphatic heterocycles. The zero-order valence-electron chi connectivity index (χ0n) is 10.0. The summed E-state index contributed by atoms with van der Waals surface area (Å²) < 4.78 is 0.980. The minimum atomic E-state index is 0. The van der Waals surface area contributed by atoms with Crippen LogP contribution in [0.15, 0.2) is 30.3 Å². The van der Waals surface area contributed by atoms with Gasteiger partial charge in [-0.1, -0.05) is 18.2 Å². The van der Waals surface area contributed by atoms with Gasteiger partial charge < -0.3 is 0 Å². The van der Waals surface area contributed by atoms with Gasteiger partial charge in [0.25, 0.3) is 0 Å². The number of quaternary nitrogens is 1. The summed E-state index contributed by atoms with van der Waals surface area (Å²) in [6.45, 7) is 10.3. The molecule has 1 rings (SSSR count). The molecule has 0 aliphatic rings. The fraction of sp³-hybridized carbons (Fsp3) is 0.538. The molecule has 0 heterocycles. The van der Waals surface area contributed by atoms with Gasteiger partial charge in [0.15, 0.2) is 0 Å². The molecule has 0 N–H and O–H groups in total. The number of hydrogen-bond donors (Lipinski definition) is 0. The Morgan fingerprint density at radius 2 is 1.53 bits per heavy atom. The van der Waals surface area contributed by atoms with Gasteiger partial charge in [0.2, 0.25) is 0 Å². The summed E-state index contributed by atoms with van der Waals surface area (Å²) in [4.78, 5) is 0. The molecular formula is C13H26NSn+. The summed E-state index contributed by atoms with van der Waals surface area (Å²) in [7, 11) is 2.30. The molecule has 0 radical (unpaired) electrons. The van der Waals surface area contributed by atoms with Gasteiger partial charge in [0.1, 0.15) is 5.69 Å². The molecule has 0 saturated heterocycles. The second-order valence-electron chi connectivity index (χ2n) is 5.01. The topological polar surface area (TPSA) is 0 Å². The van der Waals surface area contributed by atoms with E-state index in [4.69, 9.17) is 0 Å². The molecule has 0 aromatic heterocycles. The van der Waals surface area contributed by atoms with Crippen LogP contribution in [0.5, 0.6) is 0 Å². The fourth-order valence-corrected chi connectivity index (χ4v) is 1.80. The third-order valence-electron chi connectivity index (χ3n) is 3.44. The Kier molecular flexibility index (Phi) is 5.34. The molecule has 86 valence electrons. The van der Waals surface area contributed by atoms with E-state index in [-0.39, 0.29) is 29.4 Å². The quantitative estimate of drug-likeness (QED) is 0.578. The fourth-order valence-electron chi connectivity index (χ4n) is 1.80. The molecule has 2 heteroatoms. The van der Waals surface area contributed by atoms with E-state index in [1.807, 2.05) is 0 Å². The van der Waals surface area contributed by atoms with Crippen molar-refractivity contribution >= 4 is 29.6 Å². The normalized spacial score (nSPS) is 15.3. The second-order valence-corrected chi connectivity index (χ2v) is 5.01. The molecule has 0 bridgehead atoms. The first-order valence-corrected chi connectivity index (χ1v) is 5.33. The average Bonchev–Trinajstić information content (AvgIpc) is 2.16. The van der Waals surface area contributed by atoms with Crippen molar-refractivity contribution in [3.05, 3.63) is 30.3 Å². The molecule has 0 fully saturated rings. The number of rotatable bonds is 2. The standard InChI is InChI=1S/C13H22N.Sn.4H/c1-6-14(5,13(2,3)4)12-10-8-7-9-11-12;;;;;/h7-11H,6H2,1-5H3;;;;;/q+1;;;;;. The van der Waals surface area contributed by atoms with Crippen LogP contribution in [0.3, 0.4) is 0 Å². The molecule has 1 unspecified atom stereocenters. The van der Waals surface area contributed by atoms with Crippen LogP contribution < -0.4 is 4.48 Å². The van der Waals surface area contributed by atoms with Gasteiger partial charge >= 0.3 is 23.9 Å². The summed E-state index contributed by atoms with van der Waals surface area (Å²) in [6.07, 6.45) is 0. The van der Waals surface area contributed by atoms with Crippen molar-refractivity contribution < 1.29 is 0 Å². The van der Waals surface area contributed by atoms with Crippen LogP contribution in [0.1, 0.15) is 27.7 Å². The van der Waals surface area contributed by atoms with Crippen LogP contribution in [-0.4, -0.2) is 43.0 Å². The SMILES string of the molecule is CC[N+](C)(c1ccccc1)C(C)(C)C.[SnH4]. The maximum absolute atomic E-state index is 2.30. The first-order valence-electron chi connectivity index (χ1n) is 5.33. The van der Waals surface area contributed by atoms with Gasteiger partial charge in [-0.2, -0.15) is 0 Å². The van der Waals surface area contributed by atoms with Gasteiger partial charge in [-0.15, -0.1) is 0 Å². The molecule has 0 aliphatic carbocycles. The number of benzene rings is 1. The maximum atomic E-state index is 2.30. The monoisotopic (exact) mass is 316 g/mol. The van der Waals surface area contributed by atoms with Crippen LogP contribution in [0, 0.1) is 0 Å². The van der Waals surface area contributed by atoms with Gasteiger partial charge in [-0.3, -0.25) is 4.48 Å². The minimum absolute atomic E-state index is 0. The first kappa shape index (κ1) is 15.0. The van der Waals surface area contributed by atoms with Gasteiger partial charge in [-0.25, -0.2) is 0 Å². The molecule has 1 aromatic carbocycles. The first-order chi connectivity index (χ1) is 6.42. The van der Waals surface area contributed by atoms with Crippen LogP contribution in [0.2, 0.25) is 0 Å². The van der Waals surface area contributed by atoms with E-state index in [0.717, 1.165) is 11.0 Å². The molecule has 0 saturated carbocycles. The van der Waals surface area contributed by atoms with Crippen molar-refractivity contribution in [2.24, 2.45) is 0 Å². The van der Waals surface area contributed by atoms with E-state index in [0.29, 0.717) is 0 Å². The Labute approximate surface area is 111 Å². The number of nitrogens with zero attached hydrogens (tertiary/aromatic N) is 1. The van der Waals surface area contributed by atoms with Crippen LogP contribution in [-0.2, 0) is 0 Å². The van der Waals surface area contributed by atoms with Crippen LogP contribution in [0.25, 0.3) is 0 Å². The van der Waals surface area contributed by atoms with Crippen LogP contribution in [0.4, 0.5) is 5.69 Å². The van der Waals surface area contributed by atoms with Crippen molar-refractivity contribution in [1.29, 1.82) is 0 Å². The number of hydrogen-bond acceptors (Lipinski definition) is 0. The van der Waals surface area contributed by atoms with E-state index in [2.05, 4.69) is 65.1 Å². The van der Waals surface area contributed by atoms with Gasteiger partial charge in [0, 0.05) is 0 Å². The summed E-state index contributed by atoms with van der Waals surface area (Å²) in [5.74, 6) is 0. The van der Waals surface area contributed by atoms with Crippen molar-refractivity contribution in [2.45, 2.75) is 33.2 Å². The Hall–Kier alpha value is -0.0213. The number of para-hydroxylation sites is 1. The van der Waals surface area contributed by atoms with E-state index >= 15 is 0 Å². The molecule has 1 atom stereocenters. The van der Waals surface area contributed by atoms with Gasteiger partial charge in [0.05, 0.1) is 19.1 Å².